The number of imidazole rings is 1. The van der Waals surface area contributed by atoms with Crippen LogP contribution in [-0.2, 0) is 13.1 Å². The van der Waals surface area contributed by atoms with Crippen molar-refractivity contribution >= 4 is 5.91 Å². The van der Waals surface area contributed by atoms with Crippen molar-refractivity contribution in [3.8, 4) is 0 Å². The van der Waals surface area contributed by atoms with Gasteiger partial charge in [-0.1, -0.05) is 29.8 Å². The van der Waals surface area contributed by atoms with Crippen LogP contribution in [0.15, 0.2) is 36.8 Å². The summed E-state index contributed by atoms with van der Waals surface area (Å²) in [7, 11) is 0. The Labute approximate surface area is 112 Å². The van der Waals surface area contributed by atoms with Gasteiger partial charge in [-0.05, 0) is 12.5 Å². The van der Waals surface area contributed by atoms with Crippen molar-refractivity contribution < 1.29 is 4.79 Å². The van der Waals surface area contributed by atoms with Crippen LogP contribution >= 0.6 is 0 Å². The maximum absolute atomic E-state index is 11.9. The molecule has 100 valence electrons. The summed E-state index contributed by atoms with van der Waals surface area (Å²) >= 11 is 0. The molecule has 0 unspecified atom stereocenters. The van der Waals surface area contributed by atoms with Gasteiger partial charge in [-0.15, -0.1) is 0 Å². The number of carbonyl (C=O) groups excluding carboxylic acids is 1. The molecule has 0 atom stereocenters. The molecule has 3 N–H and O–H groups in total. The topological polar surface area (TPSA) is 72.9 Å². The van der Waals surface area contributed by atoms with Crippen molar-refractivity contribution in [3.05, 3.63) is 53.6 Å². The van der Waals surface area contributed by atoms with Gasteiger partial charge in [0.1, 0.15) is 5.69 Å². The highest BCUT2D eigenvalue weighted by molar-refractivity contribution is 5.91. The zero-order valence-electron chi connectivity index (χ0n) is 11.0. The van der Waals surface area contributed by atoms with Crippen LogP contribution < -0.4 is 11.1 Å². The fraction of sp³-hybridized carbons (Fsp3) is 0.286. The normalized spacial score (nSPS) is 10.4. The van der Waals surface area contributed by atoms with Crippen molar-refractivity contribution in [2.45, 2.75) is 20.0 Å². The Morgan fingerprint density at radius 3 is 3.05 bits per heavy atom. The van der Waals surface area contributed by atoms with Crippen LogP contribution in [0, 0.1) is 6.92 Å². The minimum Gasteiger partial charge on any atom is -0.347 e. The Morgan fingerprint density at radius 1 is 1.47 bits per heavy atom. The number of hydrogen-bond donors (Lipinski definition) is 2. The lowest BCUT2D eigenvalue weighted by atomic mass is 10.1. The number of hydrogen-bond acceptors (Lipinski definition) is 3. The molecular weight excluding hydrogens is 240 g/mol. The number of rotatable bonds is 5. The van der Waals surface area contributed by atoms with Crippen LogP contribution in [0.5, 0.6) is 0 Å². The van der Waals surface area contributed by atoms with Gasteiger partial charge in [-0.2, -0.15) is 0 Å². The SMILES string of the molecule is Cc1cccc(CNC(=O)c2cn(CCN)cn2)c1. The van der Waals surface area contributed by atoms with Gasteiger partial charge < -0.3 is 15.6 Å². The van der Waals surface area contributed by atoms with Crippen molar-refractivity contribution in [3.63, 3.8) is 0 Å². The van der Waals surface area contributed by atoms with E-state index in [1.807, 2.05) is 35.8 Å². The zero-order valence-corrected chi connectivity index (χ0v) is 11.0. The monoisotopic (exact) mass is 258 g/mol. The first-order valence-corrected chi connectivity index (χ1v) is 6.24. The van der Waals surface area contributed by atoms with E-state index in [-0.39, 0.29) is 5.91 Å². The van der Waals surface area contributed by atoms with Crippen LogP contribution in [0.25, 0.3) is 0 Å². The minimum absolute atomic E-state index is 0.169. The van der Waals surface area contributed by atoms with Gasteiger partial charge in [0.25, 0.3) is 5.91 Å². The summed E-state index contributed by atoms with van der Waals surface area (Å²) in [5, 5.41) is 2.85. The lowest BCUT2D eigenvalue weighted by Crippen LogP contribution is -2.23. The van der Waals surface area contributed by atoms with Crippen LogP contribution in [0.2, 0.25) is 0 Å². The molecule has 0 fully saturated rings. The van der Waals surface area contributed by atoms with E-state index in [0.717, 1.165) is 5.56 Å². The van der Waals surface area contributed by atoms with Crippen LogP contribution in [0.4, 0.5) is 0 Å². The van der Waals surface area contributed by atoms with Crippen LogP contribution in [-0.4, -0.2) is 22.0 Å². The van der Waals surface area contributed by atoms with E-state index >= 15 is 0 Å². The number of aromatic nitrogens is 2. The quantitative estimate of drug-likeness (QED) is 0.843. The molecule has 0 saturated heterocycles. The molecule has 5 nitrogen and oxygen atoms in total. The molecule has 5 heteroatoms. The molecule has 2 rings (SSSR count). The summed E-state index contributed by atoms with van der Waals surface area (Å²) in [4.78, 5) is 16.0. The molecule has 1 heterocycles. The Hall–Kier alpha value is -2.14. The highest BCUT2D eigenvalue weighted by Crippen LogP contribution is 2.04. The molecule has 0 aliphatic heterocycles. The van der Waals surface area contributed by atoms with Gasteiger partial charge >= 0.3 is 0 Å². The van der Waals surface area contributed by atoms with Crippen molar-refractivity contribution in [1.29, 1.82) is 0 Å². The summed E-state index contributed by atoms with van der Waals surface area (Å²) in [6, 6.07) is 8.04. The van der Waals surface area contributed by atoms with Crippen LogP contribution in [0.1, 0.15) is 21.6 Å². The Morgan fingerprint density at radius 2 is 2.32 bits per heavy atom. The third kappa shape index (κ3) is 3.66. The summed E-state index contributed by atoms with van der Waals surface area (Å²) in [5.41, 5.74) is 8.12. The third-order valence-electron chi connectivity index (χ3n) is 2.79. The molecule has 2 aromatic rings. The average Bonchev–Trinajstić information content (AvgIpc) is 2.85. The Bertz CT molecular complexity index is 562. The standard InChI is InChI=1S/C14H18N4O/c1-11-3-2-4-12(7-11)8-16-14(19)13-9-18(6-5-15)10-17-13/h2-4,7,9-10H,5-6,8,15H2,1H3,(H,16,19). The molecule has 0 aliphatic carbocycles. The molecular formula is C14H18N4O. The molecule has 0 saturated carbocycles. The average molecular weight is 258 g/mol. The smallest absolute Gasteiger partial charge is 0.271 e. The summed E-state index contributed by atoms with van der Waals surface area (Å²) in [6.07, 6.45) is 3.33. The van der Waals surface area contributed by atoms with E-state index in [1.165, 1.54) is 5.56 Å². The van der Waals surface area contributed by atoms with Gasteiger partial charge in [0.2, 0.25) is 0 Å². The summed E-state index contributed by atoms with van der Waals surface area (Å²) in [6.45, 7) is 3.73. The molecule has 0 bridgehead atoms. The number of aryl methyl sites for hydroxylation is 1. The van der Waals surface area contributed by atoms with E-state index in [0.29, 0.717) is 25.3 Å². The summed E-state index contributed by atoms with van der Waals surface area (Å²) in [5.74, 6) is -0.169. The number of nitrogens with zero attached hydrogens (tertiary/aromatic N) is 2. The van der Waals surface area contributed by atoms with Gasteiger partial charge in [0, 0.05) is 25.8 Å². The highest BCUT2D eigenvalue weighted by atomic mass is 16.1. The number of amides is 1. The number of carbonyl (C=O) groups is 1. The van der Waals surface area contributed by atoms with Gasteiger partial charge in [-0.3, -0.25) is 4.79 Å². The van der Waals surface area contributed by atoms with E-state index < -0.39 is 0 Å². The molecule has 1 aromatic heterocycles. The van der Waals surface area contributed by atoms with E-state index in [1.54, 1.807) is 12.5 Å². The first-order valence-electron chi connectivity index (χ1n) is 6.24. The van der Waals surface area contributed by atoms with Crippen molar-refractivity contribution in [2.24, 2.45) is 5.73 Å². The number of benzene rings is 1. The molecule has 0 radical (unpaired) electrons. The molecule has 19 heavy (non-hydrogen) atoms. The minimum atomic E-state index is -0.169. The van der Waals surface area contributed by atoms with Crippen molar-refractivity contribution in [1.82, 2.24) is 14.9 Å². The predicted molar refractivity (Wildman–Crippen MR) is 73.6 cm³/mol. The molecule has 1 amide bonds. The lowest BCUT2D eigenvalue weighted by molar-refractivity contribution is 0.0946. The van der Waals surface area contributed by atoms with E-state index in [4.69, 9.17) is 5.73 Å². The Kier molecular flexibility index (Phi) is 4.30. The van der Waals surface area contributed by atoms with E-state index in [9.17, 15) is 4.79 Å². The fourth-order valence-corrected chi connectivity index (χ4v) is 1.84. The first-order chi connectivity index (χ1) is 9.19. The third-order valence-corrected chi connectivity index (χ3v) is 2.79. The fourth-order valence-electron chi connectivity index (χ4n) is 1.84. The number of nitrogens with one attached hydrogen (secondary N) is 1. The predicted octanol–water partition coefficient (Wildman–Crippen LogP) is 1.08. The van der Waals surface area contributed by atoms with Gasteiger partial charge in [-0.25, -0.2) is 4.98 Å². The van der Waals surface area contributed by atoms with Crippen LogP contribution in [0.3, 0.4) is 0 Å². The second-order valence-corrected chi connectivity index (χ2v) is 4.46. The van der Waals surface area contributed by atoms with E-state index in [2.05, 4.69) is 10.3 Å². The van der Waals surface area contributed by atoms with Gasteiger partial charge in [0.05, 0.1) is 6.33 Å². The van der Waals surface area contributed by atoms with Gasteiger partial charge in [0.15, 0.2) is 0 Å². The number of nitrogens with two attached hydrogens (primary N) is 1. The second kappa shape index (κ2) is 6.15. The maximum Gasteiger partial charge on any atom is 0.271 e. The Balaban J connectivity index is 1.93. The molecule has 0 aliphatic rings. The second-order valence-electron chi connectivity index (χ2n) is 4.46. The summed E-state index contributed by atoms with van der Waals surface area (Å²) < 4.78 is 1.81. The lowest BCUT2D eigenvalue weighted by Gasteiger charge is -2.04. The first kappa shape index (κ1) is 13.3. The van der Waals surface area contributed by atoms with Crippen molar-refractivity contribution in [2.75, 3.05) is 6.54 Å². The molecule has 1 aromatic carbocycles. The zero-order chi connectivity index (χ0) is 13.7. The largest absolute Gasteiger partial charge is 0.347 e. The highest BCUT2D eigenvalue weighted by Gasteiger charge is 2.08. The molecule has 0 spiro atoms. The maximum atomic E-state index is 11.9.